The zero-order valence-corrected chi connectivity index (χ0v) is 8.70. The van der Waals surface area contributed by atoms with Crippen molar-refractivity contribution in [3.8, 4) is 0 Å². The summed E-state index contributed by atoms with van der Waals surface area (Å²) >= 11 is 0. The lowest BCUT2D eigenvalue weighted by atomic mass is 10.2. The highest BCUT2D eigenvalue weighted by molar-refractivity contribution is 5.90. The van der Waals surface area contributed by atoms with Gasteiger partial charge in [-0.25, -0.2) is 0 Å². The van der Waals surface area contributed by atoms with Crippen LogP contribution in [-0.4, -0.2) is 10.8 Å². The Balaban J connectivity index is 2.81. The third-order valence-electron chi connectivity index (χ3n) is 1.91. The van der Waals surface area contributed by atoms with Crippen LogP contribution < -0.4 is 5.32 Å². The number of nitrogens with one attached hydrogen (secondary N) is 1. The normalized spacial score (nSPS) is 9.88. The maximum Gasteiger partial charge on any atom is 0.304 e. The van der Waals surface area contributed by atoms with Crippen molar-refractivity contribution in [2.45, 2.75) is 19.8 Å². The Kier molecular flexibility index (Phi) is 3.93. The number of benzene rings is 1. The molecule has 0 aliphatic rings. The van der Waals surface area contributed by atoms with Gasteiger partial charge in [0.15, 0.2) is 0 Å². The first-order valence-electron chi connectivity index (χ1n) is 4.78. The molecule has 5 nitrogen and oxygen atoms in total. The first kappa shape index (κ1) is 12.1. The van der Waals surface area contributed by atoms with Crippen molar-refractivity contribution in [1.82, 2.24) is 0 Å². The fourth-order valence-electron chi connectivity index (χ4n) is 1.18. The zero-order chi connectivity index (χ0) is 12.1. The molecule has 0 aromatic heterocycles. The van der Waals surface area contributed by atoms with Crippen LogP contribution in [0.25, 0.3) is 0 Å². The van der Waals surface area contributed by atoms with Gasteiger partial charge in [-0.3, -0.25) is 14.9 Å². The Hall–Kier alpha value is -1.98. The van der Waals surface area contributed by atoms with Gasteiger partial charge in [-0.15, -0.1) is 0 Å². The number of hydrogen-bond donors (Lipinski definition) is 1. The van der Waals surface area contributed by atoms with Crippen LogP contribution >= 0.6 is 0 Å². The summed E-state index contributed by atoms with van der Waals surface area (Å²) in [6, 6.07) is 3.26. The average molecular weight is 226 g/mol. The molecule has 0 aliphatic carbocycles. The second-order valence-corrected chi connectivity index (χ2v) is 3.22. The van der Waals surface area contributed by atoms with Gasteiger partial charge in [0.05, 0.1) is 4.92 Å². The van der Waals surface area contributed by atoms with Crippen molar-refractivity contribution < 1.29 is 14.1 Å². The molecule has 0 aliphatic heterocycles. The van der Waals surface area contributed by atoms with E-state index in [1.165, 1.54) is 6.07 Å². The molecule has 0 bridgehead atoms. The molecule has 0 atom stereocenters. The van der Waals surface area contributed by atoms with Crippen molar-refractivity contribution in [3.63, 3.8) is 0 Å². The minimum Gasteiger partial charge on any atom is -0.326 e. The van der Waals surface area contributed by atoms with Crippen LogP contribution in [0.3, 0.4) is 0 Å². The molecule has 0 heterocycles. The van der Waals surface area contributed by atoms with Crippen molar-refractivity contribution in [3.05, 3.63) is 34.1 Å². The highest BCUT2D eigenvalue weighted by Gasteiger charge is 2.14. The summed E-state index contributed by atoms with van der Waals surface area (Å²) in [6.07, 6.45) is 1.01. The quantitative estimate of drug-likeness (QED) is 0.633. The van der Waals surface area contributed by atoms with Crippen LogP contribution in [0.2, 0.25) is 0 Å². The van der Waals surface area contributed by atoms with Crippen LogP contribution in [0.4, 0.5) is 15.8 Å². The predicted octanol–water partition coefficient (Wildman–Crippen LogP) is 2.47. The maximum absolute atomic E-state index is 13.1. The van der Waals surface area contributed by atoms with E-state index in [1.54, 1.807) is 0 Å². The highest BCUT2D eigenvalue weighted by Crippen LogP contribution is 2.20. The average Bonchev–Trinajstić information content (AvgIpc) is 2.17. The zero-order valence-electron chi connectivity index (χ0n) is 8.70. The summed E-state index contributed by atoms with van der Waals surface area (Å²) in [7, 11) is 0. The molecule has 0 saturated carbocycles. The Morgan fingerprint density at radius 2 is 2.25 bits per heavy atom. The van der Waals surface area contributed by atoms with Gasteiger partial charge in [0.25, 0.3) is 0 Å². The number of amides is 1. The standard InChI is InChI=1S/C10H11FN2O3/c1-2-3-10(14)12-7-4-5-9(13(15)16)8(11)6-7/h4-6H,2-3H2,1H3,(H,12,14). The minimum atomic E-state index is -0.959. The third kappa shape index (κ3) is 3.01. The Morgan fingerprint density at radius 3 is 2.75 bits per heavy atom. The summed E-state index contributed by atoms with van der Waals surface area (Å²) in [6.45, 7) is 1.84. The van der Waals surface area contributed by atoms with E-state index in [0.29, 0.717) is 12.8 Å². The lowest BCUT2D eigenvalue weighted by Gasteiger charge is -2.03. The second kappa shape index (κ2) is 5.20. The molecule has 1 N–H and O–H groups in total. The molecule has 1 amide bonds. The minimum absolute atomic E-state index is 0.224. The first-order chi connectivity index (χ1) is 7.54. The third-order valence-corrected chi connectivity index (χ3v) is 1.91. The molecule has 0 radical (unpaired) electrons. The summed E-state index contributed by atoms with van der Waals surface area (Å²) < 4.78 is 13.1. The predicted molar refractivity (Wildman–Crippen MR) is 56.6 cm³/mol. The topological polar surface area (TPSA) is 72.2 Å². The van der Waals surface area contributed by atoms with Crippen LogP contribution in [0, 0.1) is 15.9 Å². The number of nitrogens with zero attached hydrogens (tertiary/aromatic N) is 1. The van der Waals surface area contributed by atoms with Crippen molar-refractivity contribution in [1.29, 1.82) is 0 Å². The van der Waals surface area contributed by atoms with Crippen LogP contribution in [0.15, 0.2) is 18.2 Å². The second-order valence-electron chi connectivity index (χ2n) is 3.22. The number of hydrogen-bond acceptors (Lipinski definition) is 3. The SMILES string of the molecule is CCCC(=O)Nc1ccc([N+](=O)[O-])c(F)c1. The molecule has 0 spiro atoms. The number of nitro groups is 1. The Morgan fingerprint density at radius 1 is 1.56 bits per heavy atom. The molecule has 0 saturated heterocycles. The van der Waals surface area contributed by atoms with Crippen molar-refractivity contribution in [2.75, 3.05) is 5.32 Å². The number of carbonyl (C=O) groups excluding carboxylic acids is 1. The van der Waals surface area contributed by atoms with E-state index in [0.717, 1.165) is 12.1 Å². The maximum atomic E-state index is 13.1. The van der Waals surface area contributed by atoms with E-state index < -0.39 is 16.4 Å². The van der Waals surface area contributed by atoms with Crippen LogP contribution in [0.5, 0.6) is 0 Å². The van der Waals surface area contributed by atoms with E-state index in [1.807, 2.05) is 6.92 Å². The molecule has 86 valence electrons. The first-order valence-corrected chi connectivity index (χ1v) is 4.78. The van der Waals surface area contributed by atoms with Gasteiger partial charge in [-0.1, -0.05) is 6.92 Å². The molecule has 0 fully saturated rings. The van der Waals surface area contributed by atoms with Gasteiger partial charge in [-0.05, 0) is 12.5 Å². The van der Waals surface area contributed by atoms with Gasteiger partial charge in [-0.2, -0.15) is 4.39 Å². The number of nitro benzene ring substituents is 1. The lowest BCUT2D eigenvalue weighted by Crippen LogP contribution is -2.10. The molecular weight excluding hydrogens is 215 g/mol. The van der Waals surface area contributed by atoms with Gasteiger partial charge in [0, 0.05) is 24.2 Å². The van der Waals surface area contributed by atoms with Crippen molar-refractivity contribution >= 4 is 17.3 Å². The Bertz CT molecular complexity index is 421. The van der Waals surface area contributed by atoms with Gasteiger partial charge >= 0.3 is 5.69 Å². The number of halogens is 1. The number of rotatable bonds is 4. The van der Waals surface area contributed by atoms with Gasteiger partial charge < -0.3 is 5.32 Å². The van der Waals surface area contributed by atoms with Crippen LogP contribution in [-0.2, 0) is 4.79 Å². The fourth-order valence-corrected chi connectivity index (χ4v) is 1.18. The monoisotopic (exact) mass is 226 g/mol. The molecular formula is C10H11FN2O3. The van der Waals surface area contributed by atoms with E-state index >= 15 is 0 Å². The molecule has 1 aromatic carbocycles. The van der Waals surface area contributed by atoms with E-state index in [2.05, 4.69) is 5.32 Å². The Labute approximate surface area is 91.4 Å². The van der Waals surface area contributed by atoms with Gasteiger partial charge in [0.2, 0.25) is 11.7 Å². The number of anilines is 1. The fraction of sp³-hybridized carbons (Fsp3) is 0.300. The van der Waals surface area contributed by atoms with E-state index in [9.17, 15) is 19.3 Å². The highest BCUT2D eigenvalue weighted by atomic mass is 19.1. The van der Waals surface area contributed by atoms with Crippen molar-refractivity contribution in [2.24, 2.45) is 0 Å². The largest absolute Gasteiger partial charge is 0.326 e. The molecule has 16 heavy (non-hydrogen) atoms. The van der Waals surface area contributed by atoms with E-state index in [4.69, 9.17) is 0 Å². The lowest BCUT2D eigenvalue weighted by molar-refractivity contribution is -0.387. The molecule has 0 unspecified atom stereocenters. The smallest absolute Gasteiger partial charge is 0.304 e. The molecule has 6 heteroatoms. The number of carbonyl (C=O) groups is 1. The van der Waals surface area contributed by atoms with Gasteiger partial charge in [0.1, 0.15) is 0 Å². The molecule has 1 rings (SSSR count). The summed E-state index contributed by atoms with van der Waals surface area (Å²) in [5, 5.41) is 12.8. The molecule has 1 aromatic rings. The van der Waals surface area contributed by atoms with E-state index in [-0.39, 0.29) is 11.6 Å². The van der Waals surface area contributed by atoms with Crippen LogP contribution in [0.1, 0.15) is 19.8 Å². The summed E-state index contributed by atoms with van der Waals surface area (Å²) in [5.41, 5.74) is -0.380. The summed E-state index contributed by atoms with van der Waals surface area (Å²) in [4.78, 5) is 20.7. The summed E-state index contributed by atoms with van der Waals surface area (Å²) in [5.74, 6) is -1.20.